The van der Waals surface area contributed by atoms with E-state index in [4.69, 9.17) is 4.74 Å². The first-order valence-corrected chi connectivity index (χ1v) is 7.73. The van der Waals surface area contributed by atoms with Crippen molar-refractivity contribution in [2.24, 2.45) is 7.05 Å². The van der Waals surface area contributed by atoms with Crippen molar-refractivity contribution in [1.29, 1.82) is 0 Å². The lowest BCUT2D eigenvalue weighted by molar-refractivity contribution is -0.141. The Morgan fingerprint density at radius 1 is 1.27 bits per heavy atom. The second kappa shape index (κ2) is 7.59. The smallest absolute Gasteiger partial charge is 0.435 e. The van der Waals surface area contributed by atoms with Gasteiger partial charge >= 0.3 is 6.18 Å². The Morgan fingerprint density at radius 2 is 1.88 bits per heavy atom. The van der Waals surface area contributed by atoms with Crippen molar-refractivity contribution >= 4 is 11.7 Å². The molecule has 1 atom stereocenters. The van der Waals surface area contributed by atoms with Crippen LogP contribution in [0.4, 0.5) is 13.2 Å². The summed E-state index contributed by atoms with van der Waals surface area (Å²) >= 11 is 0. The molecule has 2 aromatic rings. The van der Waals surface area contributed by atoms with E-state index < -0.39 is 29.4 Å². The van der Waals surface area contributed by atoms with Gasteiger partial charge in [0, 0.05) is 18.8 Å². The molecule has 1 heterocycles. The summed E-state index contributed by atoms with van der Waals surface area (Å²) < 4.78 is 45.2. The molecule has 0 bridgehead atoms. The van der Waals surface area contributed by atoms with Gasteiger partial charge in [-0.05, 0) is 38.1 Å². The number of rotatable bonds is 6. The van der Waals surface area contributed by atoms with Gasteiger partial charge in [-0.1, -0.05) is 0 Å². The van der Waals surface area contributed by atoms with Crippen LogP contribution in [0.25, 0.3) is 0 Å². The SMILES string of the molecule is CC(=O)c1ccc(OCC(C)NC(=O)c2cn(C)nc2C(F)(F)F)cc1. The van der Waals surface area contributed by atoms with Gasteiger partial charge in [0.25, 0.3) is 5.91 Å². The Hall–Kier alpha value is -2.84. The molecular formula is C17H18F3N3O3. The summed E-state index contributed by atoms with van der Waals surface area (Å²) in [4.78, 5) is 23.3. The van der Waals surface area contributed by atoms with E-state index in [2.05, 4.69) is 10.4 Å². The Morgan fingerprint density at radius 3 is 2.42 bits per heavy atom. The summed E-state index contributed by atoms with van der Waals surface area (Å²) in [6.07, 6.45) is -3.70. The summed E-state index contributed by atoms with van der Waals surface area (Å²) in [5.74, 6) is -0.476. The van der Waals surface area contributed by atoms with E-state index in [0.29, 0.717) is 11.3 Å². The molecule has 0 saturated heterocycles. The molecule has 1 aromatic heterocycles. The van der Waals surface area contributed by atoms with Crippen molar-refractivity contribution in [3.05, 3.63) is 47.3 Å². The highest BCUT2D eigenvalue weighted by molar-refractivity contribution is 5.95. The molecule has 0 radical (unpaired) electrons. The zero-order chi connectivity index (χ0) is 19.5. The molecule has 0 aliphatic carbocycles. The number of carbonyl (C=O) groups excluding carboxylic acids is 2. The van der Waals surface area contributed by atoms with E-state index in [9.17, 15) is 22.8 Å². The lowest BCUT2D eigenvalue weighted by Gasteiger charge is -2.15. The maximum absolute atomic E-state index is 12.9. The molecular weight excluding hydrogens is 351 g/mol. The van der Waals surface area contributed by atoms with E-state index >= 15 is 0 Å². The molecule has 2 rings (SSSR count). The number of hydrogen-bond acceptors (Lipinski definition) is 4. The van der Waals surface area contributed by atoms with Crippen molar-refractivity contribution in [2.45, 2.75) is 26.1 Å². The number of halogens is 3. The standard InChI is InChI=1S/C17H18F3N3O3/c1-10(9-26-13-6-4-12(5-7-13)11(2)24)21-16(25)14-8-23(3)22-15(14)17(18,19)20/h4-8,10H,9H2,1-3H3,(H,21,25). The highest BCUT2D eigenvalue weighted by Crippen LogP contribution is 2.30. The van der Waals surface area contributed by atoms with Crippen LogP contribution < -0.4 is 10.1 Å². The number of amides is 1. The molecule has 9 heteroatoms. The van der Waals surface area contributed by atoms with Crippen LogP contribution in [-0.2, 0) is 13.2 Å². The normalized spacial score (nSPS) is 12.5. The Balaban J connectivity index is 1.96. The summed E-state index contributed by atoms with van der Waals surface area (Å²) in [6.45, 7) is 3.10. The van der Waals surface area contributed by atoms with Crippen LogP contribution in [0.1, 0.15) is 40.3 Å². The maximum Gasteiger partial charge on any atom is 0.435 e. The van der Waals surface area contributed by atoms with Gasteiger partial charge in [-0.15, -0.1) is 0 Å². The topological polar surface area (TPSA) is 73.2 Å². The fourth-order valence-electron chi connectivity index (χ4n) is 2.21. The quantitative estimate of drug-likeness (QED) is 0.795. The van der Waals surface area contributed by atoms with Gasteiger partial charge in [-0.3, -0.25) is 14.3 Å². The highest BCUT2D eigenvalue weighted by Gasteiger charge is 2.39. The number of ether oxygens (including phenoxy) is 1. The van der Waals surface area contributed by atoms with Crippen LogP contribution >= 0.6 is 0 Å². The number of benzene rings is 1. The average Bonchev–Trinajstić information content (AvgIpc) is 2.95. The van der Waals surface area contributed by atoms with E-state index in [1.54, 1.807) is 31.2 Å². The predicted molar refractivity (Wildman–Crippen MR) is 87.1 cm³/mol. The summed E-state index contributed by atoms with van der Waals surface area (Å²) in [5, 5.41) is 5.75. The summed E-state index contributed by atoms with van der Waals surface area (Å²) in [6, 6.07) is 5.87. The van der Waals surface area contributed by atoms with Crippen LogP contribution in [0.2, 0.25) is 0 Å². The predicted octanol–water partition coefficient (Wildman–Crippen LogP) is 2.84. The Kier molecular flexibility index (Phi) is 5.69. The van der Waals surface area contributed by atoms with E-state index in [1.807, 2.05) is 0 Å². The van der Waals surface area contributed by atoms with Crippen LogP contribution in [0, 0.1) is 0 Å². The van der Waals surface area contributed by atoms with Gasteiger partial charge in [-0.2, -0.15) is 18.3 Å². The monoisotopic (exact) mass is 369 g/mol. The first-order chi connectivity index (χ1) is 12.1. The van der Waals surface area contributed by atoms with E-state index in [0.717, 1.165) is 10.9 Å². The number of alkyl halides is 3. The van der Waals surface area contributed by atoms with Crippen molar-refractivity contribution < 1.29 is 27.5 Å². The molecule has 0 aliphatic heterocycles. The van der Waals surface area contributed by atoms with Crippen LogP contribution in [0.15, 0.2) is 30.5 Å². The molecule has 0 fully saturated rings. The van der Waals surface area contributed by atoms with Crippen molar-refractivity contribution in [3.63, 3.8) is 0 Å². The summed E-state index contributed by atoms with van der Waals surface area (Å²) in [5.41, 5.74) is -1.24. The molecule has 1 aromatic carbocycles. The zero-order valence-corrected chi connectivity index (χ0v) is 14.4. The number of ketones is 1. The number of carbonyl (C=O) groups is 2. The first kappa shape index (κ1) is 19.5. The van der Waals surface area contributed by atoms with Crippen LogP contribution in [-0.4, -0.2) is 34.1 Å². The van der Waals surface area contributed by atoms with Crippen LogP contribution in [0.5, 0.6) is 5.75 Å². The van der Waals surface area contributed by atoms with Gasteiger partial charge in [0.2, 0.25) is 0 Å². The minimum atomic E-state index is -4.72. The van der Waals surface area contributed by atoms with Crippen LogP contribution in [0.3, 0.4) is 0 Å². The van der Waals surface area contributed by atoms with Gasteiger partial charge in [0.1, 0.15) is 12.4 Å². The van der Waals surface area contributed by atoms with Crippen molar-refractivity contribution in [3.8, 4) is 5.75 Å². The Labute approximate surface area is 147 Å². The lowest BCUT2D eigenvalue weighted by Crippen LogP contribution is -2.37. The number of nitrogens with zero attached hydrogens (tertiary/aromatic N) is 2. The maximum atomic E-state index is 12.9. The van der Waals surface area contributed by atoms with E-state index in [1.165, 1.54) is 14.0 Å². The number of aryl methyl sites for hydroxylation is 1. The minimum absolute atomic E-state index is 0.0484. The minimum Gasteiger partial charge on any atom is -0.491 e. The number of Topliss-reactive ketones (excluding diaryl/α,β-unsaturated/α-hetero) is 1. The second-order valence-corrected chi connectivity index (χ2v) is 5.83. The van der Waals surface area contributed by atoms with E-state index in [-0.39, 0.29) is 12.4 Å². The third-order valence-electron chi connectivity index (χ3n) is 3.48. The Bertz CT molecular complexity index is 798. The molecule has 0 aliphatic rings. The van der Waals surface area contributed by atoms with Crippen molar-refractivity contribution in [1.82, 2.24) is 15.1 Å². The van der Waals surface area contributed by atoms with Gasteiger partial charge < -0.3 is 10.1 Å². The molecule has 1 N–H and O–H groups in total. The second-order valence-electron chi connectivity index (χ2n) is 5.83. The number of hydrogen-bond donors (Lipinski definition) is 1. The van der Waals surface area contributed by atoms with Gasteiger partial charge in [0.15, 0.2) is 11.5 Å². The average molecular weight is 369 g/mol. The fourth-order valence-corrected chi connectivity index (χ4v) is 2.21. The molecule has 6 nitrogen and oxygen atoms in total. The largest absolute Gasteiger partial charge is 0.491 e. The third kappa shape index (κ3) is 4.84. The van der Waals surface area contributed by atoms with Gasteiger partial charge in [0.05, 0.1) is 11.6 Å². The molecule has 26 heavy (non-hydrogen) atoms. The molecule has 0 saturated carbocycles. The fraction of sp³-hybridized carbons (Fsp3) is 0.353. The molecule has 1 unspecified atom stereocenters. The summed E-state index contributed by atoms with van der Waals surface area (Å²) in [7, 11) is 1.31. The van der Waals surface area contributed by atoms with Crippen molar-refractivity contribution in [2.75, 3.05) is 6.61 Å². The third-order valence-corrected chi connectivity index (χ3v) is 3.48. The number of nitrogens with one attached hydrogen (secondary N) is 1. The first-order valence-electron chi connectivity index (χ1n) is 7.73. The lowest BCUT2D eigenvalue weighted by atomic mass is 10.1. The molecule has 140 valence electrons. The molecule has 0 spiro atoms. The number of aromatic nitrogens is 2. The molecule has 1 amide bonds. The van der Waals surface area contributed by atoms with Gasteiger partial charge in [-0.25, -0.2) is 0 Å². The zero-order valence-electron chi connectivity index (χ0n) is 14.4. The highest BCUT2D eigenvalue weighted by atomic mass is 19.4.